The van der Waals surface area contributed by atoms with Gasteiger partial charge in [-0.25, -0.2) is 8.42 Å². The van der Waals surface area contributed by atoms with Crippen molar-refractivity contribution in [1.82, 2.24) is 4.31 Å². The zero-order valence-electron chi connectivity index (χ0n) is 16.3. The number of methoxy groups -OCH3 is 1. The van der Waals surface area contributed by atoms with Gasteiger partial charge in [-0.2, -0.15) is 4.31 Å². The molecule has 9 heteroatoms. The van der Waals surface area contributed by atoms with Crippen LogP contribution in [0.4, 0.5) is 5.69 Å². The predicted molar refractivity (Wildman–Crippen MR) is 108 cm³/mol. The van der Waals surface area contributed by atoms with Gasteiger partial charge in [0.1, 0.15) is 11.5 Å². The quantitative estimate of drug-likeness (QED) is 0.737. The van der Waals surface area contributed by atoms with Gasteiger partial charge in [0.25, 0.3) is 5.91 Å². The second kappa shape index (κ2) is 9.25. The highest BCUT2D eigenvalue weighted by atomic mass is 32.2. The molecule has 2 aromatic carbocycles. The van der Waals surface area contributed by atoms with E-state index in [1.807, 2.05) is 0 Å². The molecule has 1 amide bonds. The number of rotatable bonds is 7. The third-order valence-electron chi connectivity index (χ3n) is 4.45. The highest BCUT2D eigenvalue weighted by Gasteiger charge is 2.26. The molecule has 1 atom stereocenters. The first kappa shape index (κ1) is 21.1. The molecular weight excluding hydrogens is 396 g/mol. The summed E-state index contributed by atoms with van der Waals surface area (Å²) in [5.41, 5.74) is 0.594. The number of carbonyl (C=O) groups is 1. The maximum atomic E-state index is 12.6. The molecule has 1 aliphatic rings. The number of ether oxygens (including phenoxy) is 3. The summed E-state index contributed by atoms with van der Waals surface area (Å²) in [4.78, 5) is 12.5. The van der Waals surface area contributed by atoms with Crippen molar-refractivity contribution in [2.45, 2.75) is 17.9 Å². The Balaban J connectivity index is 1.61. The van der Waals surface area contributed by atoms with Crippen molar-refractivity contribution in [3.63, 3.8) is 0 Å². The zero-order valence-corrected chi connectivity index (χ0v) is 17.1. The molecule has 0 aromatic heterocycles. The summed E-state index contributed by atoms with van der Waals surface area (Å²) in [6.45, 7) is 3.07. The molecule has 0 bridgehead atoms. The van der Waals surface area contributed by atoms with Gasteiger partial charge >= 0.3 is 0 Å². The molecule has 1 N–H and O–H groups in total. The number of nitrogens with zero attached hydrogens (tertiary/aromatic N) is 1. The van der Waals surface area contributed by atoms with Crippen LogP contribution >= 0.6 is 0 Å². The molecule has 0 saturated carbocycles. The second-order valence-corrected chi connectivity index (χ2v) is 8.41. The lowest BCUT2D eigenvalue weighted by atomic mass is 10.2. The standard InChI is InChI=1S/C20H24N2O6S/c1-15(20(23)21-16-4-3-5-18(14-16)26-2)28-17-6-8-19(9-7-17)29(24,25)22-10-12-27-13-11-22/h3-9,14-15H,10-13H2,1-2H3,(H,21,23)/t15-/m0/s1. The van der Waals surface area contributed by atoms with Gasteiger partial charge in [0.05, 0.1) is 25.2 Å². The van der Waals surface area contributed by atoms with Crippen molar-refractivity contribution in [2.75, 3.05) is 38.7 Å². The van der Waals surface area contributed by atoms with E-state index in [4.69, 9.17) is 14.2 Å². The van der Waals surface area contributed by atoms with E-state index in [-0.39, 0.29) is 10.8 Å². The Kier molecular flexibility index (Phi) is 6.73. The Labute approximate surface area is 170 Å². The number of morpholine rings is 1. The molecule has 156 valence electrons. The van der Waals surface area contributed by atoms with Crippen molar-refractivity contribution in [3.8, 4) is 11.5 Å². The SMILES string of the molecule is COc1cccc(NC(=O)[C@H](C)Oc2ccc(S(=O)(=O)N3CCOCC3)cc2)c1. The highest BCUT2D eigenvalue weighted by Crippen LogP contribution is 2.22. The van der Waals surface area contributed by atoms with Gasteiger partial charge in [-0.05, 0) is 43.3 Å². The summed E-state index contributed by atoms with van der Waals surface area (Å²) in [6, 6.07) is 13.1. The van der Waals surface area contributed by atoms with E-state index in [2.05, 4.69) is 5.32 Å². The van der Waals surface area contributed by atoms with Crippen LogP contribution in [0.3, 0.4) is 0 Å². The number of carbonyl (C=O) groups excluding carboxylic acids is 1. The maximum absolute atomic E-state index is 12.6. The number of anilines is 1. The van der Waals surface area contributed by atoms with E-state index < -0.39 is 16.1 Å². The van der Waals surface area contributed by atoms with Crippen molar-refractivity contribution in [3.05, 3.63) is 48.5 Å². The summed E-state index contributed by atoms with van der Waals surface area (Å²) in [6.07, 6.45) is -0.775. The van der Waals surface area contributed by atoms with Crippen molar-refractivity contribution < 1.29 is 27.4 Å². The van der Waals surface area contributed by atoms with Gasteiger partial charge in [0, 0.05) is 24.8 Å². The van der Waals surface area contributed by atoms with Crippen LogP contribution in [0.2, 0.25) is 0 Å². The lowest BCUT2D eigenvalue weighted by molar-refractivity contribution is -0.122. The van der Waals surface area contributed by atoms with Gasteiger partial charge in [-0.1, -0.05) is 6.07 Å². The fourth-order valence-corrected chi connectivity index (χ4v) is 4.24. The summed E-state index contributed by atoms with van der Waals surface area (Å²) >= 11 is 0. The summed E-state index contributed by atoms with van der Waals surface area (Å²) in [5, 5.41) is 2.76. The molecule has 0 unspecified atom stereocenters. The predicted octanol–water partition coefficient (Wildman–Crippen LogP) is 2.12. The van der Waals surface area contributed by atoms with Gasteiger partial charge in [-0.15, -0.1) is 0 Å². The van der Waals surface area contributed by atoms with Crippen LogP contribution in [0.5, 0.6) is 11.5 Å². The van der Waals surface area contributed by atoms with E-state index in [1.165, 1.54) is 16.4 Å². The van der Waals surface area contributed by atoms with Gasteiger partial charge in [-0.3, -0.25) is 4.79 Å². The van der Waals surface area contributed by atoms with Crippen LogP contribution < -0.4 is 14.8 Å². The largest absolute Gasteiger partial charge is 0.497 e. The molecule has 3 rings (SSSR count). The van der Waals surface area contributed by atoms with Crippen molar-refractivity contribution in [1.29, 1.82) is 0 Å². The number of amides is 1. The molecule has 2 aromatic rings. The Hall–Kier alpha value is -2.62. The first-order valence-electron chi connectivity index (χ1n) is 9.19. The van der Waals surface area contributed by atoms with Crippen LogP contribution in [-0.2, 0) is 19.6 Å². The fraction of sp³-hybridized carbons (Fsp3) is 0.350. The van der Waals surface area contributed by atoms with E-state index in [1.54, 1.807) is 50.4 Å². The average Bonchev–Trinajstić information content (AvgIpc) is 2.75. The normalized spacial score (nSPS) is 16.1. The molecule has 1 fully saturated rings. The van der Waals surface area contributed by atoms with Crippen LogP contribution in [0.25, 0.3) is 0 Å². The minimum absolute atomic E-state index is 0.181. The summed E-state index contributed by atoms with van der Waals surface area (Å²) in [5.74, 6) is 0.705. The molecule has 1 saturated heterocycles. The molecule has 8 nitrogen and oxygen atoms in total. The third kappa shape index (κ3) is 5.26. The van der Waals surface area contributed by atoms with Gasteiger partial charge in [0.2, 0.25) is 10.0 Å². The summed E-state index contributed by atoms with van der Waals surface area (Å²) in [7, 11) is -2.01. The smallest absolute Gasteiger partial charge is 0.265 e. The van der Waals surface area contributed by atoms with E-state index in [9.17, 15) is 13.2 Å². The second-order valence-electron chi connectivity index (χ2n) is 6.47. The fourth-order valence-electron chi connectivity index (χ4n) is 2.83. The van der Waals surface area contributed by atoms with Gasteiger partial charge < -0.3 is 19.5 Å². The first-order chi connectivity index (χ1) is 13.9. The average molecular weight is 420 g/mol. The van der Waals surface area contributed by atoms with E-state index in [0.29, 0.717) is 43.5 Å². The van der Waals surface area contributed by atoms with Crippen molar-refractivity contribution in [2.24, 2.45) is 0 Å². The minimum atomic E-state index is -3.56. The third-order valence-corrected chi connectivity index (χ3v) is 6.36. The van der Waals surface area contributed by atoms with Crippen molar-refractivity contribution >= 4 is 21.6 Å². The zero-order chi connectivity index (χ0) is 20.9. The molecule has 0 radical (unpaired) electrons. The van der Waals surface area contributed by atoms with Crippen LogP contribution in [-0.4, -0.2) is 58.1 Å². The summed E-state index contributed by atoms with van der Waals surface area (Å²) < 4.78 is 42.7. The first-order valence-corrected chi connectivity index (χ1v) is 10.6. The lowest BCUT2D eigenvalue weighted by Gasteiger charge is -2.26. The Morgan fingerprint density at radius 1 is 1.10 bits per heavy atom. The number of hydrogen-bond acceptors (Lipinski definition) is 6. The van der Waals surface area contributed by atoms with E-state index >= 15 is 0 Å². The topological polar surface area (TPSA) is 94.2 Å². The number of sulfonamides is 1. The van der Waals surface area contributed by atoms with Crippen LogP contribution in [0, 0.1) is 0 Å². The molecule has 1 heterocycles. The van der Waals surface area contributed by atoms with Gasteiger partial charge in [0.15, 0.2) is 6.10 Å². The number of nitrogens with one attached hydrogen (secondary N) is 1. The monoisotopic (exact) mass is 420 g/mol. The molecule has 0 spiro atoms. The Morgan fingerprint density at radius 2 is 1.79 bits per heavy atom. The number of benzene rings is 2. The molecular formula is C20H24N2O6S. The highest BCUT2D eigenvalue weighted by molar-refractivity contribution is 7.89. The lowest BCUT2D eigenvalue weighted by Crippen LogP contribution is -2.40. The minimum Gasteiger partial charge on any atom is -0.497 e. The molecule has 0 aliphatic carbocycles. The van der Waals surface area contributed by atoms with E-state index in [0.717, 1.165) is 0 Å². The van der Waals surface area contributed by atoms with Crippen LogP contribution in [0.15, 0.2) is 53.4 Å². The Bertz CT molecular complexity index is 940. The molecule has 1 aliphatic heterocycles. The maximum Gasteiger partial charge on any atom is 0.265 e. The molecule has 29 heavy (non-hydrogen) atoms. The van der Waals surface area contributed by atoms with Crippen LogP contribution in [0.1, 0.15) is 6.92 Å². The number of hydrogen-bond donors (Lipinski definition) is 1. The Morgan fingerprint density at radius 3 is 2.45 bits per heavy atom.